The average molecular weight is 436 g/mol. The molecule has 0 aliphatic rings. The summed E-state index contributed by atoms with van der Waals surface area (Å²) in [6.07, 6.45) is -0.917. The molecule has 1 atom stereocenters. The summed E-state index contributed by atoms with van der Waals surface area (Å²) < 4.78 is 9.58. The SMILES string of the molecule is CC(C)CNc1nc2c(c(=O)n(C)c(=O)n2C)n1C[C@H](O)COc1ccc(Cl)cc1. The van der Waals surface area contributed by atoms with Crippen molar-refractivity contribution in [3.8, 4) is 5.75 Å². The fourth-order valence-corrected chi connectivity index (χ4v) is 3.17. The van der Waals surface area contributed by atoms with Crippen molar-refractivity contribution in [3.05, 3.63) is 50.1 Å². The molecule has 0 aliphatic carbocycles. The number of aromatic nitrogens is 4. The summed E-state index contributed by atoms with van der Waals surface area (Å²) >= 11 is 5.87. The monoisotopic (exact) mass is 435 g/mol. The molecule has 0 amide bonds. The van der Waals surface area contributed by atoms with E-state index in [1.165, 1.54) is 11.6 Å². The number of nitrogens with one attached hydrogen (secondary N) is 1. The van der Waals surface area contributed by atoms with Crippen LogP contribution in [-0.4, -0.2) is 43.0 Å². The van der Waals surface area contributed by atoms with Crippen LogP contribution < -0.4 is 21.3 Å². The summed E-state index contributed by atoms with van der Waals surface area (Å²) in [6, 6.07) is 6.82. The zero-order chi connectivity index (χ0) is 22.0. The highest BCUT2D eigenvalue weighted by Crippen LogP contribution is 2.18. The molecule has 0 unspecified atom stereocenters. The van der Waals surface area contributed by atoms with Crippen molar-refractivity contribution in [1.29, 1.82) is 0 Å². The number of aliphatic hydroxyl groups is 1. The first kappa shape index (κ1) is 21.9. The largest absolute Gasteiger partial charge is 0.491 e. The Labute approximate surface area is 178 Å². The van der Waals surface area contributed by atoms with E-state index in [4.69, 9.17) is 16.3 Å². The second-order valence-corrected chi connectivity index (χ2v) is 8.05. The topological polar surface area (TPSA) is 103 Å². The molecule has 0 spiro atoms. The van der Waals surface area contributed by atoms with Crippen LogP contribution in [0.15, 0.2) is 33.9 Å². The predicted octanol–water partition coefficient (Wildman–Crippen LogP) is 1.59. The molecule has 2 N–H and O–H groups in total. The van der Waals surface area contributed by atoms with E-state index in [0.29, 0.717) is 29.2 Å². The van der Waals surface area contributed by atoms with Crippen LogP contribution in [0.1, 0.15) is 13.8 Å². The first-order chi connectivity index (χ1) is 14.2. The van der Waals surface area contributed by atoms with Gasteiger partial charge in [-0.15, -0.1) is 0 Å². The zero-order valence-corrected chi connectivity index (χ0v) is 18.2. The van der Waals surface area contributed by atoms with Crippen molar-refractivity contribution in [2.75, 3.05) is 18.5 Å². The van der Waals surface area contributed by atoms with E-state index in [2.05, 4.69) is 10.3 Å². The molecule has 2 heterocycles. The number of ether oxygens (including phenoxy) is 1. The Morgan fingerprint density at radius 1 is 1.17 bits per heavy atom. The number of halogens is 1. The highest BCUT2D eigenvalue weighted by atomic mass is 35.5. The minimum Gasteiger partial charge on any atom is -0.491 e. The van der Waals surface area contributed by atoms with Gasteiger partial charge < -0.3 is 19.7 Å². The van der Waals surface area contributed by atoms with Gasteiger partial charge in [0.05, 0.1) is 6.54 Å². The van der Waals surface area contributed by atoms with Crippen molar-refractivity contribution in [2.45, 2.75) is 26.5 Å². The molecule has 9 nitrogen and oxygen atoms in total. The van der Waals surface area contributed by atoms with Gasteiger partial charge in [-0.2, -0.15) is 4.98 Å². The van der Waals surface area contributed by atoms with Gasteiger partial charge in [0.2, 0.25) is 5.95 Å². The minimum atomic E-state index is -0.917. The van der Waals surface area contributed by atoms with Crippen LogP contribution in [0.2, 0.25) is 5.02 Å². The second kappa shape index (κ2) is 8.93. The lowest BCUT2D eigenvalue weighted by atomic mass is 10.2. The van der Waals surface area contributed by atoms with Gasteiger partial charge in [-0.1, -0.05) is 25.4 Å². The molecule has 0 saturated carbocycles. The molecule has 10 heteroatoms. The summed E-state index contributed by atoms with van der Waals surface area (Å²) in [4.78, 5) is 29.5. The van der Waals surface area contributed by atoms with Crippen LogP contribution in [0.4, 0.5) is 5.95 Å². The predicted molar refractivity (Wildman–Crippen MR) is 116 cm³/mol. The van der Waals surface area contributed by atoms with Crippen molar-refractivity contribution in [1.82, 2.24) is 18.7 Å². The van der Waals surface area contributed by atoms with E-state index in [-0.39, 0.29) is 24.3 Å². The van der Waals surface area contributed by atoms with E-state index < -0.39 is 17.4 Å². The third-order valence-corrected chi connectivity index (χ3v) is 4.92. The van der Waals surface area contributed by atoms with Gasteiger partial charge in [-0.25, -0.2) is 4.79 Å². The number of hydrogen-bond donors (Lipinski definition) is 2. The third-order valence-electron chi connectivity index (χ3n) is 4.67. The number of aliphatic hydroxyl groups excluding tert-OH is 1. The Morgan fingerprint density at radius 3 is 2.47 bits per heavy atom. The Bertz CT molecular complexity index is 1150. The summed E-state index contributed by atoms with van der Waals surface area (Å²) in [7, 11) is 2.98. The van der Waals surface area contributed by atoms with Crippen LogP contribution in [0.3, 0.4) is 0 Å². The maximum absolute atomic E-state index is 12.8. The highest BCUT2D eigenvalue weighted by molar-refractivity contribution is 6.30. The standard InChI is InChI=1S/C20H26ClN5O4/c1-12(2)9-22-19-23-17-16(18(28)25(4)20(29)24(17)3)26(19)10-14(27)11-30-15-7-5-13(21)6-8-15/h5-8,12,14,27H,9-11H2,1-4H3,(H,22,23)/t14-/m0/s1. The molecule has 0 aliphatic heterocycles. The normalized spacial score (nSPS) is 12.5. The zero-order valence-electron chi connectivity index (χ0n) is 17.4. The number of aryl methyl sites for hydroxylation is 1. The van der Waals surface area contributed by atoms with Crippen molar-refractivity contribution < 1.29 is 9.84 Å². The van der Waals surface area contributed by atoms with Crippen molar-refractivity contribution in [2.24, 2.45) is 20.0 Å². The lowest BCUT2D eigenvalue weighted by Crippen LogP contribution is -2.38. The molecule has 0 saturated heterocycles. The van der Waals surface area contributed by atoms with E-state index in [1.54, 1.807) is 35.9 Å². The van der Waals surface area contributed by atoms with Crippen LogP contribution in [-0.2, 0) is 20.6 Å². The maximum Gasteiger partial charge on any atom is 0.332 e. The summed E-state index contributed by atoms with van der Waals surface area (Å²) in [6.45, 7) is 4.79. The number of benzene rings is 1. The Morgan fingerprint density at radius 2 is 1.83 bits per heavy atom. The number of hydrogen-bond acceptors (Lipinski definition) is 6. The molecular weight excluding hydrogens is 410 g/mol. The van der Waals surface area contributed by atoms with Crippen molar-refractivity contribution in [3.63, 3.8) is 0 Å². The molecule has 162 valence electrons. The lowest BCUT2D eigenvalue weighted by Gasteiger charge is -2.16. The van der Waals surface area contributed by atoms with E-state index in [1.807, 2.05) is 13.8 Å². The molecule has 0 bridgehead atoms. The molecular formula is C20H26ClN5O4. The van der Waals surface area contributed by atoms with Gasteiger partial charge in [0, 0.05) is 25.7 Å². The van der Waals surface area contributed by atoms with Crippen LogP contribution in [0.5, 0.6) is 5.75 Å². The molecule has 0 radical (unpaired) electrons. The number of nitrogens with zero attached hydrogens (tertiary/aromatic N) is 4. The summed E-state index contributed by atoms with van der Waals surface area (Å²) in [5.74, 6) is 1.33. The Hall–Kier alpha value is -2.78. The third kappa shape index (κ3) is 4.52. The fourth-order valence-electron chi connectivity index (χ4n) is 3.04. The molecule has 2 aromatic heterocycles. The maximum atomic E-state index is 12.8. The van der Waals surface area contributed by atoms with Gasteiger partial charge in [0.25, 0.3) is 5.56 Å². The Kier molecular flexibility index (Phi) is 6.52. The van der Waals surface area contributed by atoms with E-state index >= 15 is 0 Å². The first-order valence-corrected chi connectivity index (χ1v) is 10.0. The Balaban J connectivity index is 1.93. The smallest absolute Gasteiger partial charge is 0.332 e. The van der Waals surface area contributed by atoms with E-state index in [9.17, 15) is 14.7 Å². The van der Waals surface area contributed by atoms with Gasteiger partial charge in [0.15, 0.2) is 11.2 Å². The van der Waals surface area contributed by atoms with Crippen LogP contribution in [0, 0.1) is 5.92 Å². The number of rotatable bonds is 8. The quantitative estimate of drug-likeness (QED) is 0.557. The number of imidazole rings is 1. The van der Waals surface area contributed by atoms with E-state index in [0.717, 1.165) is 4.57 Å². The number of anilines is 1. The van der Waals surface area contributed by atoms with Crippen LogP contribution in [0.25, 0.3) is 11.2 Å². The van der Waals surface area contributed by atoms with Gasteiger partial charge in [-0.3, -0.25) is 13.9 Å². The molecule has 3 aromatic rings. The number of fused-ring (bicyclic) bond motifs is 1. The second-order valence-electron chi connectivity index (χ2n) is 7.62. The van der Waals surface area contributed by atoms with Crippen molar-refractivity contribution >= 4 is 28.7 Å². The summed E-state index contributed by atoms with van der Waals surface area (Å²) in [5, 5.41) is 14.4. The first-order valence-electron chi connectivity index (χ1n) is 9.65. The van der Waals surface area contributed by atoms with Gasteiger partial charge in [-0.05, 0) is 30.2 Å². The highest BCUT2D eigenvalue weighted by Gasteiger charge is 2.21. The van der Waals surface area contributed by atoms with Gasteiger partial charge in [0.1, 0.15) is 18.5 Å². The van der Waals surface area contributed by atoms with Crippen LogP contribution >= 0.6 is 11.6 Å². The summed E-state index contributed by atoms with van der Waals surface area (Å²) in [5.41, 5.74) is -0.417. The van der Waals surface area contributed by atoms with Gasteiger partial charge >= 0.3 is 5.69 Å². The fraction of sp³-hybridized carbons (Fsp3) is 0.450. The lowest BCUT2D eigenvalue weighted by molar-refractivity contribution is 0.0938. The molecule has 0 fully saturated rings. The molecule has 3 rings (SSSR count). The molecule has 30 heavy (non-hydrogen) atoms. The molecule has 1 aromatic carbocycles. The minimum absolute atomic E-state index is 0.0109. The average Bonchev–Trinajstić information content (AvgIpc) is 3.07.